The number of benzene rings is 2. The molecule has 0 radical (unpaired) electrons. The lowest BCUT2D eigenvalue weighted by atomic mass is 10.0. The first-order chi connectivity index (χ1) is 12.2. The molecule has 0 bridgehead atoms. The van der Waals surface area contributed by atoms with Crippen LogP contribution in [-0.2, 0) is 6.42 Å². The van der Waals surface area contributed by atoms with E-state index in [-0.39, 0.29) is 11.7 Å². The van der Waals surface area contributed by atoms with Gasteiger partial charge in [-0.1, -0.05) is 42.5 Å². The SMILES string of the molecule is O=C(NCCCc1ccc(-c2ccccc2F)cc1)c1cnccn1. The smallest absolute Gasteiger partial charge is 0.271 e. The van der Waals surface area contributed by atoms with Crippen LogP contribution in [0.1, 0.15) is 22.5 Å². The molecule has 1 heterocycles. The second-order valence-corrected chi connectivity index (χ2v) is 5.63. The lowest BCUT2D eigenvalue weighted by molar-refractivity contribution is 0.0948. The Morgan fingerprint density at radius 3 is 2.56 bits per heavy atom. The molecule has 2 aromatic carbocycles. The van der Waals surface area contributed by atoms with Crippen LogP contribution in [0.15, 0.2) is 67.1 Å². The van der Waals surface area contributed by atoms with Crippen LogP contribution in [0, 0.1) is 5.82 Å². The third kappa shape index (κ3) is 4.47. The molecule has 0 atom stereocenters. The van der Waals surface area contributed by atoms with E-state index >= 15 is 0 Å². The van der Waals surface area contributed by atoms with E-state index in [1.165, 1.54) is 24.7 Å². The van der Waals surface area contributed by atoms with Crippen LogP contribution >= 0.6 is 0 Å². The molecule has 0 aliphatic rings. The summed E-state index contributed by atoms with van der Waals surface area (Å²) in [6.45, 7) is 0.560. The quantitative estimate of drug-likeness (QED) is 0.700. The summed E-state index contributed by atoms with van der Waals surface area (Å²) in [5, 5.41) is 2.82. The molecule has 3 aromatic rings. The molecule has 4 nitrogen and oxygen atoms in total. The Labute approximate surface area is 145 Å². The summed E-state index contributed by atoms with van der Waals surface area (Å²) in [6, 6.07) is 14.6. The van der Waals surface area contributed by atoms with E-state index < -0.39 is 0 Å². The van der Waals surface area contributed by atoms with Crippen LogP contribution in [0.3, 0.4) is 0 Å². The summed E-state index contributed by atoms with van der Waals surface area (Å²) < 4.78 is 13.8. The normalized spacial score (nSPS) is 10.4. The van der Waals surface area contributed by atoms with E-state index in [2.05, 4.69) is 15.3 Å². The summed E-state index contributed by atoms with van der Waals surface area (Å²) in [6.07, 6.45) is 6.11. The lowest BCUT2D eigenvalue weighted by Gasteiger charge is -2.07. The number of aryl methyl sites for hydroxylation is 1. The number of hydrogen-bond donors (Lipinski definition) is 1. The van der Waals surface area contributed by atoms with Crippen molar-refractivity contribution >= 4 is 5.91 Å². The molecule has 3 rings (SSSR count). The molecule has 1 amide bonds. The van der Waals surface area contributed by atoms with E-state index in [1.54, 1.807) is 12.1 Å². The Balaban J connectivity index is 1.49. The zero-order valence-corrected chi connectivity index (χ0v) is 13.7. The minimum absolute atomic E-state index is 0.219. The number of carbonyl (C=O) groups excluding carboxylic acids is 1. The minimum Gasteiger partial charge on any atom is -0.351 e. The highest BCUT2D eigenvalue weighted by atomic mass is 19.1. The highest BCUT2D eigenvalue weighted by molar-refractivity contribution is 5.91. The number of halogens is 1. The Morgan fingerprint density at radius 2 is 1.84 bits per heavy atom. The Morgan fingerprint density at radius 1 is 1.04 bits per heavy atom. The van der Waals surface area contributed by atoms with Gasteiger partial charge >= 0.3 is 0 Å². The lowest BCUT2D eigenvalue weighted by Crippen LogP contribution is -2.25. The van der Waals surface area contributed by atoms with Gasteiger partial charge in [0, 0.05) is 24.5 Å². The first kappa shape index (κ1) is 16.8. The average Bonchev–Trinajstić information content (AvgIpc) is 2.67. The minimum atomic E-state index is -0.220. The molecule has 0 unspecified atom stereocenters. The number of carbonyl (C=O) groups is 1. The van der Waals surface area contributed by atoms with Gasteiger partial charge in [-0.3, -0.25) is 9.78 Å². The first-order valence-electron chi connectivity index (χ1n) is 8.12. The van der Waals surface area contributed by atoms with Crippen LogP contribution in [0.4, 0.5) is 4.39 Å². The fourth-order valence-corrected chi connectivity index (χ4v) is 2.55. The van der Waals surface area contributed by atoms with E-state index in [9.17, 15) is 9.18 Å². The largest absolute Gasteiger partial charge is 0.351 e. The summed E-state index contributed by atoms with van der Waals surface area (Å²) in [7, 11) is 0. The van der Waals surface area contributed by atoms with Crippen molar-refractivity contribution in [2.45, 2.75) is 12.8 Å². The second kappa shape index (κ2) is 8.15. The van der Waals surface area contributed by atoms with E-state index in [1.807, 2.05) is 30.3 Å². The molecule has 0 saturated carbocycles. The van der Waals surface area contributed by atoms with Crippen LogP contribution in [-0.4, -0.2) is 22.4 Å². The van der Waals surface area contributed by atoms with Crippen molar-refractivity contribution in [2.24, 2.45) is 0 Å². The highest BCUT2D eigenvalue weighted by Gasteiger charge is 2.06. The van der Waals surface area contributed by atoms with Crippen LogP contribution in [0.5, 0.6) is 0 Å². The van der Waals surface area contributed by atoms with Crippen molar-refractivity contribution in [1.29, 1.82) is 0 Å². The molecular formula is C20H18FN3O. The molecule has 0 aliphatic heterocycles. The van der Waals surface area contributed by atoms with Gasteiger partial charge < -0.3 is 5.32 Å². The fraction of sp³-hybridized carbons (Fsp3) is 0.150. The summed E-state index contributed by atoms with van der Waals surface area (Å²) >= 11 is 0. The molecule has 0 spiro atoms. The molecule has 126 valence electrons. The molecular weight excluding hydrogens is 317 g/mol. The van der Waals surface area contributed by atoms with Gasteiger partial charge in [0.15, 0.2) is 0 Å². The molecule has 5 heteroatoms. The van der Waals surface area contributed by atoms with E-state index in [0.29, 0.717) is 17.8 Å². The number of nitrogens with one attached hydrogen (secondary N) is 1. The third-order valence-corrected chi connectivity index (χ3v) is 3.86. The maximum absolute atomic E-state index is 13.8. The number of rotatable bonds is 6. The van der Waals surface area contributed by atoms with Gasteiger partial charge in [-0.25, -0.2) is 9.37 Å². The average molecular weight is 335 g/mol. The Hall–Kier alpha value is -3.08. The maximum Gasteiger partial charge on any atom is 0.271 e. The van der Waals surface area contributed by atoms with Crippen molar-refractivity contribution < 1.29 is 9.18 Å². The van der Waals surface area contributed by atoms with Crippen molar-refractivity contribution in [3.63, 3.8) is 0 Å². The number of aromatic nitrogens is 2. The second-order valence-electron chi connectivity index (χ2n) is 5.63. The standard InChI is InChI=1S/C20H18FN3O/c21-18-6-2-1-5-17(18)16-9-7-15(8-10-16)4-3-11-24-20(25)19-14-22-12-13-23-19/h1-2,5-10,12-14H,3-4,11H2,(H,24,25). The zero-order valence-electron chi connectivity index (χ0n) is 13.7. The molecule has 1 aromatic heterocycles. The van der Waals surface area contributed by atoms with Gasteiger partial charge in [0.1, 0.15) is 11.5 Å². The Bertz CT molecular complexity index is 835. The van der Waals surface area contributed by atoms with Crippen LogP contribution in [0.25, 0.3) is 11.1 Å². The maximum atomic E-state index is 13.8. The zero-order chi connectivity index (χ0) is 17.5. The van der Waals surface area contributed by atoms with E-state index in [4.69, 9.17) is 0 Å². The van der Waals surface area contributed by atoms with Crippen molar-refractivity contribution in [3.05, 3.63) is 84.2 Å². The Kier molecular flexibility index (Phi) is 5.46. The fourth-order valence-electron chi connectivity index (χ4n) is 2.55. The first-order valence-corrected chi connectivity index (χ1v) is 8.12. The summed E-state index contributed by atoms with van der Waals surface area (Å²) in [5.74, 6) is -0.440. The van der Waals surface area contributed by atoms with Crippen molar-refractivity contribution in [1.82, 2.24) is 15.3 Å². The predicted octanol–water partition coefficient (Wildman–Crippen LogP) is 3.65. The number of hydrogen-bond acceptors (Lipinski definition) is 3. The van der Waals surface area contributed by atoms with Gasteiger partial charge in [-0.05, 0) is 30.0 Å². The van der Waals surface area contributed by atoms with Gasteiger partial charge in [-0.2, -0.15) is 0 Å². The van der Waals surface area contributed by atoms with Gasteiger partial charge in [0.05, 0.1) is 6.20 Å². The number of nitrogens with zero attached hydrogens (tertiary/aromatic N) is 2. The van der Waals surface area contributed by atoms with Crippen molar-refractivity contribution in [3.8, 4) is 11.1 Å². The van der Waals surface area contributed by atoms with Gasteiger partial charge in [0.25, 0.3) is 5.91 Å². The summed E-state index contributed by atoms with van der Waals surface area (Å²) in [5.41, 5.74) is 2.92. The van der Waals surface area contributed by atoms with Gasteiger partial charge in [0.2, 0.25) is 0 Å². The van der Waals surface area contributed by atoms with E-state index in [0.717, 1.165) is 24.0 Å². The van der Waals surface area contributed by atoms with Crippen LogP contribution < -0.4 is 5.32 Å². The van der Waals surface area contributed by atoms with Crippen molar-refractivity contribution in [2.75, 3.05) is 6.54 Å². The summed E-state index contributed by atoms with van der Waals surface area (Å²) in [4.78, 5) is 19.7. The monoisotopic (exact) mass is 335 g/mol. The molecule has 0 aliphatic carbocycles. The number of amides is 1. The molecule has 0 saturated heterocycles. The molecule has 1 N–H and O–H groups in total. The molecule has 0 fully saturated rings. The van der Waals surface area contributed by atoms with Gasteiger partial charge in [-0.15, -0.1) is 0 Å². The topological polar surface area (TPSA) is 54.9 Å². The molecule has 25 heavy (non-hydrogen) atoms. The van der Waals surface area contributed by atoms with Crippen LogP contribution in [0.2, 0.25) is 0 Å². The third-order valence-electron chi connectivity index (χ3n) is 3.86. The predicted molar refractivity (Wildman–Crippen MR) is 94.5 cm³/mol. The highest BCUT2D eigenvalue weighted by Crippen LogP contribution is 2.22.